The molecule has 0 saturated heterocycles. The van der Waals surface area contributed by atoms with Gasteiger partial charge in [-0.25, -0.2) is 4.79 Å². The molecule has 0 aliphatic carbocycles. The normalized spacial score (nSPS) is 12.1. The Hall–Kier alpha value is -2.09. The van der Waals surface area contributed by atoms with Gasteiger partial charge in [0.05, 0.1) is 5.56 Å². The first kappa shape index (κ1) is 12.4. The van der Waals surface area contributed by atoms with Gasteiger partial charge in [-0.15, -0.1) is 0 Å². The third kappa shape index (κ3) is 2.59. The highest BCUT2D eigenvalue weighted by Crippen LogP contribution is 2.27. The third-order valence-corrected chi connectivity index (χ3v) is 3.17. The Kier molecular flexibility index (Phi) is 3.78. The van der Waals surface area contributed by atoms with Crippen LogP contribution in [0.3, 0.4) is 0 Å². The average Bonchev–Trinajstić information content (AvgIpc) is 2.41. The van der Waals surface area contributed by atoms with Gasteiger partial charge in [0.15, 0.2) is 0 Å². The van der Waals surface area contributed by atoms with E-state index in [1.807, 2.05) is 30.3 Å². The smallest absolute Gasteiger partial charge is 0.335 e. The van der Waals surface area contributed by atoms with Crippen molar-refractivity contribution in [3.63, 3.8) is 0 Å². The molecule has 2 aromatic rings. The van der Waals surface area contributed by atoms with E-state index in [-0.39, 0.29) is 0 Å². The monoisotopic (exact) mass is 240 g/mol. The maximum absolute atomic E-state index is 10.8. The second-order valence-corrected chi connectivity index (χ2v) is 4.30. The number of aromatic carboxylic acids is 1. The van der Waals surface area contributed by atoms with Gasteiger partial charge in [-0.3, -0.25) is 0 Å². The lowest BCUT2D eigenvalue weighted by molar-refractivity contribution is 0.0697. The molecule has 2 nitrogen and oxygen atoms in total. The van der Waals surface area contributed by atoms with Crippen LogP contribution in [0.2, 0.25) is 0 Å². The lowest BCUT2D eigenvalue weighted by Gasteiger charge is -2.16. The third-order valence-electron chi connectivity index (χ3n) is 3.17. The fourth-order valence-electron chi connectivity index (χ4n) is 2.21. The van der Waals surface area contributed by atoms with E-state index >= 15 is 0 Å². The number of benzene rings is 2. The van der Waals surface area contributed by atoms with E-state index in [1.54, 1.807) is 12.1 Å². The minimum absolute atomic E-state index is 0.328. The van der Waals surface area contributed by atoms with Gasteiger partial charge in [-0.05, 0) is 29.7 Å². The van der Waals surface area contributed by atoms with E-state index in [1.165, 1.54) is 5.56 Å². The molecule has 0 saturated carbocycles. The fourth-order valence-corrected chi connectivity index (χ4v) is 2.21. The summed E-state index contributed by atoms with van der Waals surface area (Å²) in [5, 5.41) is 8.89. The molecule has 0 radical (unpaired) electrons. The van der Waals surface area contributed by atoms with E-state index < -0.39 is 5.97 Å². The van der Waals surface area contributed by atoms with E-state index in [4.69, 9.17) is 5.11 Å². The zero-order chi connectivity index (χ0) is 13.0. The van der Waals surface area contributed by atoms with Crippen LogP contribution in [0.4, 0.5) is 0 Å². The molecule has 0 aromatic heterocycles. The number of carboxylic acids is 1. The summed E-state index contributed by atoms with van der Waals surface area (Å²) in [7, 11) is 0. The number of rotatable bonds is 4. The van der Waals surface area contributed by atoms with Crippen LogP contribution in [0.1, 0.15) is 40.7 Å². The van der Waals surface area contributed by atoms with Crippen molar-refractivity contribution < 1.29 is 9.90 Å². The van der Waals surface area contributed by atoms with Crippen molar-refractivity contribution in [2.45, 2.75) is 19.3 Å². The molecule has 1 N–H and O–H groups in total. The fraction of sp³-hybridized carbons (Fsp3) is 0.188. The van der Waals surface area contributed by atoms with Gasteiger partial charge in [0, 0.05) is 5.92 Å². The Balaban J connectivity index is 2.31. The molecule has 0 fully saturated rings. The number of carboxylic acid groups (broad SMARTS) is 1. The Morgan fingerprint density at radius 3 is 2.06 bits per heavy atom. The minimum atomic E-state index is -0.880. The molecule has 2 aromatic carbocycles. The summed E-state index contributed by atoms with van der Waals surface area (Å²) < 4.78 is 0. The lowest BCUT2D eigenvalue weighted by atomic mass is 9.89. The van der Waals surface area contributed by atoms with Crippen LogP contribution in [0.15, 0.2) is 54.6 Å². The van der Waals surface area contributed by atoms with Gasteiger partial charge >= 0.3 is 5.97 Å². The largest absolute Gasteiger partial charge is 0.478 e. The SMILES string of the molecule is CCC(c1ccccc1)c1ccc(C(=O)O)cc1. The number of hydrogen-bond donors (Lipinski definition) is 1. The molecule has 0 aliphatic rings. The summed E-state index contributed by atoms with van der Waals surface area (Å²) in [6, 6.07) is 17.4. The number of carbonyl (C=O) groups is 1. The zero-order valence-electron chi connectivity index (χ0n) is 10.3. The molecule has 0 amide bonds. The Bertz CT molecular complexity index is 515. The summed E-state index contributed by atoms with van der Waals surface area (Å²) in [5.41, 5.74) is 2.76. The zero-order valence-corrected chi connectivity index (χ0v) is 10.3. The Morgan fingerprint density at radius 1 is 1.00 bits per heavy atom. The van der Waals surface area contributed by atoms with Crippen molar-refractivity contribution >= 4 is 5.97 Å². The van der Waals surface area contributed by atoms with Crippen molar-refractivity contribution in [1.29, 1.82) is 0 Å². The van der Waals surface area contributed by atoms with Crippen molar-refractivity contribution in [2.24, 2.45) is 0 Å². The minimum Gasteiger partial charge on any atom is -0.478 e. The highest BCUT2D eigenvalue weighted by Gasteiger charge is 2.12. The summed E-state index contributed by atoms with van der Waals surface area (Å²) in [6.45, 7) is 2.14. The molecule has 0 bridgehead atoms. The molecule has 2 rings (SSSR count). The summed E-state index contributed by atoms with van der Waals surface area (Å²) in [6.07, 6.45) is 0.996. The first-order valence-corrected chi connectivity index (χ1v) is 6.10. The van der Waals surface area contributed by atoms with Crippen LogP contribution >= 0.6 is 0 Å². The number of hydrogen-bond acceptors (Lipinski definition) is 1. The van der Waals surface area contributed by atoms with Crippen LogP contribution in [0, 0.1) is 0 Å². The molecule has 0 spiro atoms. The highest BCUT2D eigenvalue weighted by molar-refractivity contribution is 5.87. The Morgan fingerprint density at radius 2 is 1.56 bits per heavy atom. The topological polar surface area (TPSA) is 37.3 Å². The van der Waals surface area contributed by atoms with Gasteiger partial charge in [0.1, 0.15) is 0 Å². The summed E-state index contributed by atoms with van der Waals surface area (Å²) >= 11 is 0. The highest BCUT2D eigenvalue weighted by atomic mass is 16.4. The van der Waals surface area contributed by atoms with Crippen LogP contribution in [-0.2, 0) is 0 Å². The molecule has 2 heteroatoms. The Labute approximate surface area is 107 Å². The summed E-state index contributed by atoms with van der Waals surface area (Å²) in [5.74, 6) is -0.552. The molecule has 1 atom stereocenters. The van der Waals surface area contributed by atoms with Crippen molar-refractivity contribution in [3.05, 3.63) is 71.3 Å². The van der Waals surface area contributed by atoms with Gasteiger partial charge in [-0.1, -0.05) is 49.4 Å². The second-order valence-electron chi connectivity index (χ2n) is 4.30. The molecular formula is C16H16O2. The molecule has 92 valence electrons. The average molecular weight is 240 g/mol. The van der Waals surface area contributed by atoms with Crippen molar-refractivity contribution in [2.75, 3.05) is 0 Å². The van der Waals surface area contributed by atoms with Crippen molar-refractivity contribution in [3.8, 4) is 0 Å². The molecule has 1 unspecified atom stereocenters. The van der Waals surface area contributed by atoms with E-state index in [2.05, 4.69) is 19.1 Å². The van der Waals surface area contributed by atoms with Crippen LogP contribution in [-0.4, -0.2) is 11.1 Å². The predicted octanol–water partition coefficient (Wildman–Crippen LogP) is 3.93. The van der Waals surface area contributed by atoms with E-state index in [0.29, 0.717) is 11.5 Å². The van der Waals surface area contributed by atoms with Crippen LogP contribution in [0.5, 0.6) is 0 Å². The van der Waals surface area contributed by atoms with Gasteiger partial charge in [0.25, 0.3) is 0 Å². The maximum Gasteiger partial charge on any atom is 0.335 e. The van der Waals surface area contributed by atoms with E-state index in [9.17, 15) is 4.79 Å². The maximum atomic E-state index is 10.8. The second kappa shape index (κ2) is 5.50. The van der Waals surface area contributed by atoms with Crippen LogP contribution < -0.4 is 0 Å². The van der Waals surface area contributed by atoms with Crippen molar-refractivity contribution in [1.82, 2.24) is 0 Å². The van der Waals surface area contributed by atoms with Crippen LogP contribution in [0.25, 0.3) is 0 Å². The molecular weight excluding hydrogens is 224 g/mol. The first-order chi connectivity index (χ1) is 8.72. The summed E-state index contributed by atoms with van der Waals surface area (Å²) in [4.78, 5) is 10.8. The van der Waals surface area contributed by atoms with Gasteiger partial charge in [-0.2, -0.15) is 0 Å². The molecule has 0 aliphatic heterocycles. The standard InChI is InChI=1S/C16H16O2/c1-2-15(12-6-4-3-5-7-12)13-8-10-14(11-9-13)16(17)18/h3-11,15H,2H2,1H3,(H,17,18). The molecule has 0 heterocycles. The van der Waals surface area contributed by atoms with Gasteiger partial charge in [0.2, 0.25) is 0 Å². The quantitative estimate of drug-likeness (QED) is 0.879. The predicted molar refractivity (Wildman–Crippen MR) is 72.0 cm³/mol. The first-order valence-electron chi connectivity index (χ1n) is 6.10. The molecule has 18 heavy (non-hydrogen) atoms. The lowest BCUT2D eigenvalue weighted by Crippen LogP contribution is -2.01. The van der Waals surface area contributed by atoms with Gasteiger partial charge < -0.3 is 5.11 Å². The van der Waals surface area contributed by atoms with E-state index in [0.717, 1.165) is 12.0 Å².